The minimum Gasteiger partial charge on any atom is -0.380 e. The van der Waals surface area contributed by atoms with Gasteiger partial charge < -0.3 is 15.4 Å². The van der Waals surface area contributed by atoms with Gasteiger partial charge in [0.2, 0.25) is 0 Å². The van der Waals surface area contributed by atoms with Crippen molar-refractivity contribution in [3.05, 3.63) is 0 Å². The van der Waals surface area contributed by atoms with Crippen molar-refractivity contribution < 1.29 is 4.74 Å². The first-order valence-corrected chi connectivity index (χ1v) is 7.89. The summed E-state index contributed by atoms with van der Waals surface area (Å²) in [5.41, 5.74) is 0. The average Bonchev–Trinajstić information content (AvgIpc) is 3.16. The second kappa shape index (κ2) is 8.13. The van der Waals surface area contributed by atoms with Crippen molar-refractivity contribution in [1.82, 2.24) is 10.6 Å². The summed E-state index contributed by atoms with van der Waals surface area (Å²) in [6, 6.07) is 1.33. The molecule has 18 heavy (non-hydrogen) atoms. The third kappa shape index (κ3) is 6.17. The lowest BCUT2D eigenvalue weighted by atomic mass is 10.0. The molecule has 0 bridgehead atoms. The number of nitrogens with one attached hydrogen (secondary N) is 2. The molecule has 1 saturated heterocycles. The molecule has 106 valence electrons. The maximum atomic E-state index is 5.64. The van der Waals surface area contributed by atoms with Crippen LogP contribution in [0.25, 0.3) is 0 Å². The Bertz CT molecular complexity index is 211. The molecule has 0 radical (unpaired) electrons. The van der Waals surface area contributed by atoms with Gasteiger partial charge in [-0.1, -0.05) is 12.8 Å². The molecule has 2 atom stereocenters. The fourth-order valence-electron chi connectivity index (χ4n) is 2.72. The molecule has 2 N–H and O–H groups in total. The highest BCUT2D eigenvalue weighted by atomic mass is 16.5. The van der Waals surface area contributed by atoms with Gasteiger partial charge >= 0.3 is 0 Å². The zero-order valence-corrected chi connectivity index (χ0v) is 11.9. The quantitative estimate of drug-likeness (QED) is 0.652. The van der Waals surface area contributed by atoms with Crippen molar-refractivity contribution in [1.29, 1.82) is 0 Å². The number of rotatable bonds is 8. The van der Waals surface area contributed by atoms with Gasteiger partial charge in [0, 0.05) is 25.2 Å². The monoisotopic (exact) mass is 254 g/mol. The molecular formula is C15H30N2O. The van der Waals surface area contributed by atoms with Crippen molar-refractivity contribution >= 4 is 0 Å². The van der Waals surface area contributed by atoms with E-state index in [-0.39, 0.29) is 0 Å². The van der Waals surface area contributed by atoms with Crippen LogP contribution < -0.4 is 10.6 Å². The number of hydrogen-bond donors (Lipinski definition) is 2. The van der Waals surface area contributed by atoms with Gasteiger partial charge in [0.1, 0.15) is 0 Å². The molecule has 2 unspecified atom stereocenters. The number of hydrogen-bond acceptors (Lipinski definition) is 3. The van der Waals surface area contributed by atoms with Crippen molar-refractivity contribution in [3.63, 3.8) is 0 Å². The molecule has 0 aromatic carbocycles. The largest absolute Gasteiger partial charge is 0.380 e. The van der Waals surface area contributed by atoms with Crippen molar-refractivity contribution in [3.8, 4) is 0 Å². The van der Waals surface area contributed by atoms with Gasteiger partial charge in [-0.05, 0) is 51.5 Å². The summed E-state index contributed by atoms with van der Waals surface area (Å²) in [6.07, 6.45) is 9.53. The maximum Gasteiger partial charge on any atom is 0.0591 e. The maximum absolute atomic E-state index is 5.64. The van der Waals surface area contributed by atoms with Crippen molar-refractivity contribution in [2.45, 2.75) is 64.0 Å². The van der Waals surface area contributed by atoms with Gasteiger partial charge in [0.15, 0.2) is 0 Å². The zero-order chi connectivity index (χ0) is 12.6. The van der Waals surface area contributed by atoms with Gasteiger partial charge in [-0.3, -0.25) is 0 Å². The molecule has 0 aromatic heterocycles. The molecule has 0 amide bonds. The Morgan fingerprint density at radius 1 is 1.22 bits per heavy atom. The van der Waals surface area contributed by atoms with Crippen LogP contribution in [0.4, 0.5) is 0 Å². The minimum absolute atomic E-state index is 0.602. The SMILES string of the molecule is CC(CC1CCCCCN1)NCCOCC1CC1. The van der Waals surface area contributed by atoms with Crippen molar-refractivity contribution in [2.24, 2.45) is 5.92 Å². The normalized spacial score (nSPS) is 26.8. The standard InChI is InChI=1S/C15H30N2O/c1-13(11-15-5-3-2-4-8-17-15)16-9-10-18-12-14-6-7-14/h13-17H,2-12H2,1H3. The third-order valence-corrected chi connectivity index (χ3v) is 4.09. The van der Waals surface area contributed by atoms with E-state index in [2.05, 4.69) is 17.6 Å². The molecule has 1 aliphatic heterocycles. The van der Waals surface area contributed by atoms with Crippen LogP contribution in [0.3, 0.4) is 0 Å². The summed E-state index contributed by atoms with van der Waals surface area (Å²) in [5, 5.41) is 7.25. The lowest BCUT2D eigenvalue weighted by Gasteiger charge is -2.21. The fraction of sp³-hybridized carbons (Fsp3) is 1.00. The van der Waals surface area contributed by atoms with E-state index in [1.807, 2.05) is 0 Å². The highest BCUT2D eigenvalue weighted by Gasteiger charge is 2.21. The third-order valence-electron chi connectivity index (χ3n) is 4.09. The molecule has 0 aromatic rings. The second-order valence-electron chi connectivity index (χ2n) is 6.11. The number of ether oxygens (including phenoxy) is 1. The first-order chi connectivity index (χ1) is 8.84. The predicted octanol–water partition coefficient (Wildman–Crippen LogP) is 2.31. The van der Waals surface area contributed by atoms with Crippen LogP contribution in [-0.2, 0) is 4.74 Å². The highest BCUT2D eigenvalue weighted by Crippen LogP contribution is 2.28. The van der Waals surface area contributed by atoms with E-state index in [1.54, 1.807) is 0 Å². The van der Waals surface area contributed by atoms with E-state index >= 15 is 0 Å². The van der Waals surface area contributed by atoms with E-state index in [0.29, 0.717) is 6.04 Å². The molecule has 3 nitrogen and oxygen atoms in total. The average molecular weight is 254 g/mol. The predicted molar refractivity (Wildman–Crippen MR) is 75.9 cm³/mol. The lowest BCUT2D eigenvalue weighted by molar-refractivity contribution is 0.124. The van der Waals surface area contributed by atoms with Gasteiger partial charge in [0.05, 0.1) is 6.61 Å². The van der Waals surface area contributed by atoms with E-state index in [4.69, 9.17) is 4.74 Å². The second-order valence-corrected chi connectivity index (χ2v) is 6.11. The Labute approximate surface area is 112 Å². The fourth-order valence-corrected chi connectivity index (χ4v) is 2.72. The van der Waals surface area contributed by atoms with Gasteiger partial charge in [0.25, 0.3) is 0 Å². The van der Waals surface area contributed by atoms with Crippen LogP contribution in [0.2, 0.25) is 0 Å². The Kier molecular flexibility index (Phi) is 6.46. The summed E-state index contributed by atoms with van der Waals surface area (Å²) < 4.78 is 5.64. The van der Waals surface area contributed by atoms with Gasteiger partial charge in [-0.15, -0.1) is 0 Å². The van der Waals surface area contributed by atoms with E-state index in [1.165, 1.54) is 51.5 Å². The lowest BCUT2D eigenvalue weighted by Crippen LogP contribution is -2.38. The van der Waals surface area contributed by atoms with Crippen LogP contribution in [0.15, 0.2) is 0 Å². The van der Waals surface area contributed by atoms with Crippen LogP contribution in [0.1, 0.15) is 51.9 Å². The van der Waals surface area contributed by atoms with Crippen LogP contribution in [-0.4, -0.2) is 38.4 Å². The first-order valence-electron chi connectivity index (χ1n) is 7.89. The van der Waals surface area contributed by atoms with Crippen LogP contribution >= 0.6 is 0 Å². The summed E-state index contributed by atoms with van der Waals surface area (Å²) in [6.45, 7) is 6.37. The molecule has 1 heterocycles. The van der Waals surface area contributed by atoms with E-state index in [0.717, 1.165) is 31.7 Å². The Hall–Kier alpha value is -0.120. The summed E-state index contributed by atoms with van der Waals surface area (Å²) in [7, 11) is 0. The molecule has 2 aliphatic rings. The van der Waals surface area contributed by atoms with Crippen LogP contribution in [0.5, 0.6) is 0 Å². The topological polar surface area (TPSA) is 33.3 Å². The van der Waals surface area contributed by atoms with E-state index in [9.17, 15) is 0 Å². The zero-order valence-electron chi connectivity index (χ0n) is 11.9. The summed E-state index contributed by atoms with van der Waals surface area (Å²) >= 11 is 0. The Balaban J connectivity index is 1.46. The summed E-state index contributed by atoms with van der Waals surface area (Å²) in [4.78, 5) is 0. The summed E-state index contributed by atoms with van der Waals surface area (Å²) in [5.74, 6) is 0.887. The molecule has 2 fully saturated rings. The first kappa shape index (κ1) is 14.3. The molecule has 0 spiro atoms. The Morgan fingerprint density at radius 3 is 2.94 bits per heavy atom. The molecular weight excluding hydrogens is 224 g/mol. The molecule has 1 aliphatic carbocycles. The van der Waals surface area contributed by atoms with Gasteiger partial charge in [-0.25, -0.2) is 0 Å². The Morgan fingerprint density at radius 2 is 2.11 bits per heavy atom. The minimum atomic E-state index is 0.602. The molecule has 2 rings (SSSR count). The van der Waals surface area contributed by atoms with Crippen molar-refractivity contribution in [2.75, 3.05) is 26.3 Å². The van der Waals surface area contributed by atoms with E-state index < -0.39 is 0 Å². The highest BCUT2D eigenvalue weighted by molar-refractivity contribution is 4.76. The van der Waals surface area contributed by atoms with Crippen LogP contribution in [0, 0.1) is 5.92 Å². The molecule has 3 heteroatoms. The van der Waals surface area contributed by atoms with Gasteiger partial charge in [-0.2, -0.15) is 0 Å². The smallest absolute Gasteiger partial charge is 0.0591 e. The molecule has 1 saturated carbocycles.